The van der Waals surface area contributed by atoms with Crippen molar-refractivity contribution < 1.29 is 0 Å². The Morgan fingerprint density at radius 1 is 1.25 bits per heavy atom. The zero-order valence-corrected chi connectivity index (χ0v) is 9.49. The Labute approximate surface area is 81.5 Å². The SMILES string of the molecule is CCCC(C)CSCCC(C)N. The van der Waals surface area contributed by atoms with Gasteiger partial charge in [0, 0.05) is 6.04 Å². The van der Waals surface area contributed by atoms with Crippen LogP contribution in [0, 0.1) is 5.92 Å². The lowest BCUT2D eigenvalue weighted by atomic mass is 10.1. The van der Waals surface area contributed by atoms with Gasteiger partial charge in [-0.2, -0.15) is 11.8 Å². The van der Waals surface area contributed by atoms with E-state index in [0.29, 0.717) is 6.04 Å². The first kappa shape index (κ1) is 12.3. The van der Waals surface area contributed by atoms with Gasteiger partial charge in [0.1, 0.15) is 0 Å². The standard InChI is InChI=1S/C10H23NS/c1-4-5-9(2)8-12-7-6-10(3)11/h9-10H,4-8,11H2,1-3H3. The average Bonchev–Trinajstić information content (AvgIpc) is 1.98. The zero-order valence-electron chi connectivity index (χ0n) is 8.68. The zero-order chi connectivity index (χ0) is 9.40. The summed E-state index contributed by atoms with van der Waals surface area (Å²) in [5, 5.41) is 0. The Bertz CT molecular complexity index is 93.8. The molecule has 74 valence electrons. The number of thioether (sulfide) groups is 1. The predicted octanol–water partition coefficient (Wildman–Crippen LogP) is 2.89. The van der Waals surface area contributed by atoms with Crippen LogP contribution in [0.15, 0.2) is 0 Å². The summed E-state index contributed by atoms with van der Waals surface area (Å²) >= 11 is 2.05. The smallest absolute Gasteiger partial charge is 0.00183 e. The molecule has 2 atom stereocenters. The van der Waals surface area contributed by atoms with Crippen LogP contribution >= 0.6 is 11.8 Å². The summed E-state index contributed by atoms with van der Waals surface area (Å²) in [5.41, 5.74) is 5.65. The van der Waals surface area contributed by atoms with Crippen molar-refractivity contribution in [2.75, 3.05) is 11.5 Å². The molecular formula is C10H23NS. The molecule has 0 radical (unpaired) electrons. The monoisotopic (exact) mass is 189 g/mol. The first-order valence-electron chi connectivity index (χ1n) is 5.00. The van der Waals surface area contributed by atoms with Gasteiger partial charge in [0.15, 0.2) is 0 Å². The van der Waals surface area contributed by atoms with Crippen LogP contribution in [0.5, 0.6) is 0 Å². The quantitative estimate of drug-likeness (QED) is 0.623. The fraction of sp³-hybridized carbons (Fsp3) is 1.00. The normalized spacial score (nSPS) is 16.0. The van der Waals surface area contributed by atoms with Gasteiger partial charge in [-0.05, 0) is 30.8 Å². The van der Waals surface area contributed by atoms with Gasteiger partial charge >= 0.3 is 0 Å². The van der Waals surface area contributed by atoms with Crippen molar-refractivity contribution in [2.45, 2.75) is 46.1 Å². The van der Waals surface area contributed by atoms with Crippen LogP contribution < -0.4 is 5.73 Å². The highest BCUT2D eigenvalue weighted by molar-refractivity contribution is 7.99. The highest BCUT2D eigenvalue weighted by atomic mass is 32.2. The largest absolute Gasteiger partial charge is 0.328 e. The molecule has 0 aliphatic rings. The topological polar surface area (TPSA) is 26.0 Å². The number of hydrogen-bond donors (Lipinski definition) is 1. The molecule has 0 bridgehead atoms. The third-order valence-corrected chi connectivity index (χ3v) is 3.23. The molecule has 0 aliphatic heterocycles. The van der Waals surface area contributed by atoms with E-state index in [1.54, 1.807) is 0 Å². The van der Waals surface area contributed by atoms with Crippen molar-refractivity contribution in [1.82, 2.24) is 0 Å². The van der Waals surface area contributed by atoms with E-state index in [1.807, 2.05) is 11.8 Å². The highest BCUT2D eigenvalue weighted by Crippen LogP contribution is 2.14. The second-order valence-corrected chi connectivity index (χ2v) is 4.88. The summed E-state index contributed by atoms with van der Waals surface area (Å²) in [6.45, 7) is 6.67. The summed E-state index contributed by atoms with van der Waals surface area (Å²) in [6.07, 6.45) is 3.84. The van der Waals surface area contributed by atoms with E-state index in [2.05, 4.69) is 20.8 Å². The lowest BCUT2D eigenvalue weighted by molar-refractivity contribution is 0.584. The lowest BCUT2D eigenvalue weighted by Crippen LogP contribution is -2.15. The van der Waals surface area contributed by atoms with Gasteiger partial charge in [-0.25, -0.2) is 0 Å². The lowest BCUT2D eigenvalue weighted by Gasteiger charge is -2.09. The maximum atomic E-state index is 5.65. The molecule has 0 rings (SSSR count). The van der Waals surface area contributed by atoms with E-state index in [4.69, 9.17) is 5.73 Å². The maximum Gasteiger partial charge on any atom is 0.00183 e. The third kappa shape index (κ3) is 8.41. The van der Waals surface area contributed by atoms with Crippen molar-refractivity contribution in [3.05, 3.63) is 0 Å². The van der Waals surface area contributed by atoms with Crippen LogP contribution in [0.3, 0.4) is 0 Å². The fourth-order valence-electron chi connectivity index (χ4n) is 1.13. The van der Waals surface area contributed by atoms with E-state index >= 15 is 0 Å². The van der Waals surface area contributed by atoms with Gasteiger partial charge in [-0.1, -0.05) is 26.7 Å². The van der Waals surface area contributed by atoms with Gasteiger partial charge in [-0.3, -0.25) is 0 Å². The Balaban J connectivity index is 3.08. The molecule has 12 heavy (non-hydrogen) atoms. The average molecular weight is 189 g/mol. The molecule has 0 aromatic carbocycles. The molecule has 1 nitrogen and oxygen atoms in total. The second-order valence-electron chi connectivity index (χ2n) is 3.73. The van der Waals surface area contributed by atoms with Crippen LogP contribution in [-0.2, 0) is 0 Å². The van der Waals surface area contributed by atoms with Crippen molar-refractivity contribution in [3.63, 3.8) is 0 Å². The minimum Gasteiger partial charge on any atom is -0.328 e. The Kier molecular flexibility index (Phi) is 8.14. The maximum absolute atomic E-state index is 5.65. The molecule has 0 amide bonds. The Morgan fingerprint density at radius 2 is 1.92 bits per heavy atom. The number of hydrogen-bond acceptors (Lipinski definition) is 2. The van der Waals surface area contributed by atoms with E-state index in [-0.39, 0.29) is 0 Å². The molecule has 0 spiro atoms. The van der Waals surface area contributed by atoms with Gasteiger partial charge in [-0.15, -0.1) is 0 Å². The number of rotatable bonds is 7. The summed E-state index contributed by atoms with van der Waals surface area (Å²) in [4.78, 5) is 0. The summed E-state index contributed by atoms with van der Waals surface area (Å²) in [5.74, 6) is 3.42. The second kappa shape index (κ2) is 7.93. The van der Waals surface area contributed by atoms with Crippen molar-refractivity contribution >= 4 is 11.8 Å². The predicted molar refractivity (Wildman–Crippen MR) is 59.7 cm³/mol. The van der Waals surface area contributed by atoms with Crippen LogP contribution in [0.25, 0.3) is 0 Å². The van der Waals surface area contributed by atoms with Crippen molar-refractivity contribution in [1.29, 1.82) is 0 Å². The van der Waals surface area contributed by atoms with E-state index in [1.165, 1.54) is 24.3 Å². The highest BCUT2D eigenvalue weighted by Gasteiger charge is 2.00. The Hall–Kier alpha value is 0.310. The van der Waals surface area contributed by atoms with E-state index in [0.717, 1.165) is 12.3 Å². The molecule has 0 aromatic rings. The fourth-order valence-corrected chi connectivity index (χ4v) is 2.40. The van der Waals surface area contributed by atoms with Gasteiger partial charge in [0.25, 0.3) is 0 Å². The minimum atomic E-state index is 0.374. The molecule has 2 heteroatoms. The van der Waals surface area contributed by atoms with Gasteiger partial charge in [0.05, 0.1) is 0 Å². The van der Waals surface area contributed by atoms with Crippen molar-refractivity contribution in [2.24, 2.45) is 11.7 Å². The summed E-state index contributed by atoms with van der Waals surface area (Å²) < 4.78 is 0. The molecule has 0 heterocycles. The first-order valence-corrected chi connectivity index (χ1v) is 6.15. The van der Waals surface area contributed by atoms with E-state index < -0.39 is 0 Å². The molecular weight excluding hydrogens is 166 g/mol. The Morgan fingerprint density at radius 3 is 2.42 bits per heavy atom. The minimum absolute atomic E-state index is 0.374. The van der Waals surface area contributed by atoms with E-state index in [9.17, 15) is 0 Å². The molecule has 0 aromatic heterocycles. The molecule has 2 N–H and O–H groups in total. The van der Waals surface area contributed by atoms with Gasteiger partial charge in [0.2, 0.25) is 0 Å². The molecule has 0 saturated heterocycles. The van der Waals surface area contributed by atoms with Crippen LogP contribution in [0.2, 0.25) is 0 Å². The van der Waals surface area contributed by atoms with Gasteiger partial charge < -0.3 is 5.73 Å². The molecule has 0 fully saturated rings. The number of nitrogens with two attached hydrogens (primary N) is 1. The third-order valence-electron chi connectivity index (χ3n) is 1.90. The van der Waals surface area contributed by atoms with Crippen LogP contribution in [0.1, 0.15) is 40.0 Å². The van der Waals surface area contributed by atoms with Crippen LogP contribution in [0.4, 0.5) is 0 Å². The van der Waals surface area contributed by atoms with Crippen LogP contribution in [-0.4, -0.2) is 17.5 Å². The molecule has 0 aliphatic carbocycles. The van der Waals surface area contributed by atoms with Crippen molar-refractivity contribution in [3.8, 4) is 0 Å². The summed E-state index contributed by atoms with van der Waals surface area (Å²) in [7, 11) is 0. The molecule has 2 unspecified atom stereocenters. The molecule has 0 saturated carbocycles. The summed E-state index contributed by atoms with van der Waals surface area (Å²) in [6, 6.07) is 0.374. The first-order chi connectivity index (χ1) is 5.66.